The van der Waals surface area contributed by atoms with E-state index in [0.717, 1.165) is 17.7 Å². The third-order valence-electron chi connectivity index (χ3n) is 1.14. The molecule has 4 heteroatoms. The molecule has 0 fully saturated rings. The Balaban J connectivity index is 3.86. The number of carboxylic acid groups (broad SMARTS) is 1. The van der Waals surface area contributed by atoms with E-state index in [1.165, 1.54) is 0 Å². The van der Waals surface area contributed by atoms with Crippen molar-refractivity contribution >= 4 is 28.7 Å². The average Bonchev–Trinajstić information content (AvgIpc) is 1.97. The molecule has 0 aromatic carbocycles. The minimum Gasteiger partial charge on any atom is -0.464 e. The largest absolute Gasteiger partial charge is 0.464 e. The Labute approximate surface area is 79.9 Å². The first-order chi connectivity index (χ1) is 5.22. The van der Waals surface area contributed by atoms with Crippen molar-refractivity contribution in [1.82, 2.24) is 4.90 Å². The third-order valence-corrected chi connectivity index (χ3v) is 1.38. The molecule has 1 amide bonds. The van der Waals surface area contributed by atoms with E-state index < -0.39 is 6.09 Å². The lowest BCUT2D eigenvalue weighted by molar-refractivity contribution is 0.165. The number of unbranched alkanes of at least 4 members (excludes halogenated alkanes) is 1. The van der Waals surface area contributed by atoms with Crippen LogP contribution in [0, 0.1) is 9.97 Å². The SMILES string of the molecule is CCCCN(C#CI)C(=O)O. The van der Waals surface area contributed by atoms with Crippen LogP contribution in [0.4, 0.5) is 4.79 Å². The molecule has 0 atom stereocenters. The summed E-state index contributed by atoms with van der Waals surface area (Å²) in [5.74, 6) is 0. The van der Waals surface area contributed by atoms with Gasteiger partial charge in [0.25, 0.3) is 0 Å². The summed E-state index contributed by atoms with van der Waals surface area (Å²) in [6.07, 6.45) is 0.868. The number of hydrogen-bond acceptors (Lipinski definition) is 1. The number of amides is 1. The smallest absolute Gasteiger partial charge is 0.419 e. The van der Waals surface area contributed by atoms with Gasteiger partial charge in [-0.05, 0) is 10.3 Å². The molecule has 3 nitrogen and oxygen atoms in total. The molecule has 0 aliphatic heterocycles. The minimum atomic E-state index is -0.970. The van der Waals surface area contributed by atoms with E-state index >= 15 is 0 Å². The highest BCUT2D eigenvalue weighted by molar-refractivity contribution is 14.1. The first-order valence-electron chi connectivity index (χ1n) is 3.34. The lowest BCUT2D eigenvalue weighted by Crippen LogP contribution is -2.25. The zero-order valence-electron chi connectivity index (χ0n) is 6.30. The lowest BCUT2D eigenvalue weighted by atomic mass is 10.3. The zero-order chi connectivity index (χ0) is 8.69. The molecule has 0 spiro atoms. The van der Waals surface area contributed by atoms with E-state index in [9.17, 15) is 4.79 Å². The van der Waals surface area contributed by atoms with Crippen molar-refractivity contribution in [1.29, 1.82) is 0 Å². The molecule has 1 N–H and O–H groups in total. The van der Waals surface area contributed by atoms with E-state index in [1.807, 2.05) is 29.5 Å². The maximum absolute atomic E-state index is 10.4. The number of nitrogens with zero attached hydrogens (tertiary/aromatic N) is 1. The van der Waals surface area contributed by atoms with E-state index in [0.29, 0.717) is 6.54 Å². The van der Waals surface area contributed by atoms with E-state index in [4.69, 9.17) is 5.11 Å². The lowest BCUT2D eigenvalue weighted by Gasteiger charge is -2.09. The molecule has 0 heterocycles. The quantitative estimate of drug-likeness (QED) is 0.483. The fraction of sp³-hybridized carbons (Fsp3) is 0.571. The Bertz CT molecular complexity index is 183. The number of rotatable bonds is 3. The Morgan fingerprint density at radius 1 is 1.73 bits per heavy atom. The molecule has 0 aromatic heterocycles. The van der Waals surface area contributed by atoms with Gasteiger partial charge in [0.2, 0.25) is 0 Å². The Morgan fingerprint density at radius 3 is 2.73 bits per heavy atom. The van der Waals surface area contributed by atoms with Gasteiger partial charge in [0.1, 0.15) is 0 Å². The van der Waals surface area contributed by atoms with Crippen LogP contribution in [0.15, 0.2) is 0 Å². The van der Waals surface area contributed by atoms with Gasteiger partial charge < -0.3 is 5.11 Å². The Kier molecular flexibility index (Phi) is 6.03. The van der Waals surface area contributed by atoms with Crippen molar-refractivity contribution in [2.24, 2.45) is 0 Å². The maximum Gasteiger partial charge on any atom is 0.419 e. The van der Waals surface area contributed by atoms with Crippen molar-refractivity contribution in [3.05, 3.63) is 0 Å². The van der Waals surface area contributed by atoms with Crippen molar-refractivity contribution in [3.63, 3.8) is 0 Å². The van der Waals surface area contributed by atoms with Gasteiger partial charge >= 0.3 is 6.09 Å². The molecule has 62 valence electrons. The van der Waals surface area contributed by atoms with Crippen LogP contribution < -0.4 is 0 Å². The predicted molar refractivity (Wildman–Crippen MR) is 51.4 cm³/mol. The monoisotopic (exact) mass is 267 g/mol. The molecule has 0 unspecified atom stereocenters. The van der Waals surface area contributed by atoms with Gasteiger partial charge in [-0.25, -0.2) is 9.69 Å². The van der Waals surface area contributed by atoms with Gasteiger partial charge in [-0.15, -0.1) is 0 Å². The average molecular weight is 267 g/mol. The fourth-order valence-electron chi connectivity index (χ4n) is 0.567. The molecule has 0 aliphatic carbocycles. The summed E-state index contributed by atoms with van der Waals surface area (Å²) >= 11 is 1.82. The molecule has 0 aromatic rings. The maximum atomic E-state index is 10.4. The van der Waals surface area contributed by atoms with Crippen LogP contribution in [0.2, 0.25) is 0 Å². The molecule has 0 bridgehead atoms. The first-order valence-corrected chi connectivity index (χ1v) is 4.42. The van der Waals surface area contributed by atoms with E-state index in [1.54, 1.807) is 0 Å². The summed E-state index contributed by atoms with van der Waals surface area (Å²) in [5.41, 5.74) is 0. The first kappa shape index (κ1) is 10.6. The standard InChI is InChI=1S/C7H10INO2/c1-2-3-5-9(6-4-8)7(10)11/h2-3,5H2,1H3,(H,10,11). The van der Waals surface area contributed by atoms with Crippen LogP contribution in [0.3, 0.4) is 0 Å². The van der Waals surface area contributed by atoms with Crippen LogP contribution in [0.25, 0.3) is 0 Å². The normalized spacial score (nSPS) is 8.18. The fourth-order valence-corrected chi connectivity index (χ4v) is 0.858. The summed E-state index contributed by atoms with van der Waals surface area (Å²) in [7, 11) is 0. The van der Waals surface area contributed by atoms with Gasteiger partial charge in [0.05, 0.1) is 0 Å². The zero-order valence-corrected chi connectivity index (χ0v) is 8.46. The van der Waals surface area contributed by atoms with Crippen molar-refractivity contribution in [2.75, 3.05) is 6.54 Å². The van der Waals surface area contributed by atoms with Crippen LogP contribution in [0.5, 0.6) is 0 Å². The second-order valence-electron chi connectivity index (χ2n) is 1.99. The van der Waals surface area contributed by atoms with E-state index in [-0.39, 0.29) is 0 Å². The van der Waals surface area contributed by atoms with Gasteiger partial charge in [-0.2, -0.15) is 0 Å². The van der Waals surface area contributed by atoms with Crippen LogP contribution >= 0.6 is 22.6 Å². The van der Waals surface area contributed by atoms with Gasteiger partial charge in [-0.3, -0.25) is 0 Å². The second-order valence-corrected chi connectivity index (χ2v) is 2.53. The molecule has 0 aliphatic rings. The number of hydrogen-bond donors (Lipinski definition) is 1. The van der Waals surface area contributed by atoms with Crippen molar-refractivity contribution in [3.8, 4) is 9.97 Å². The van der Waals surface area contributed by atoms with Crippen molar-refractivity contribution in [2.45, 2.75) is 19.8 Å². The van der Waals surface area contributed by atoms with Crippen LogP contribution in [-0.2, 0) is 0 Å². The highest BCUT2D eigenvalue weighted by Gasteiger charge is 2.06. The molecule has 0 saturated heterocycles. The second kappa shape index (κ2) is 6.28. The molecule has 11 heavy (non-hydrogen) atoms. The molecule has 0 radical (unpaired) electrons. The predicted octanol–water partition coefficient (Wildman–Crippen LogP) is 2.12. The van der Waals surface area contributed by atoms with Crippen molar-refractivity contribution < 1.29 is 9.90 Å². The Morgan fingerprint density at radius 2 is 2.36 bits per heavy atom. The topological polar surface area (TPSA) is 40.5 Å². The Hall–Kier alpha value is -0.440. The molecule has 0 saturated carbocycles. The molecule has 0 rings (SSSR count). The van der Waals surface area contributed by atoms with Gasteiger partial charge in [0.15, 0.2) is 0 Å². The minimum absolute atomic E-state index is 0.502. The van der Waals surface area contributed by atoms with Gasteiger partial charge in [-0.1, -0.05) is 13.3 Å². The van der Waals surface area contributed by atoms with Gasteiger partial charge in [0, 0.05) is 35.2 Å². The summed E-state index contributed by atoms with van der Waals surface area (Å²) in [6, 6.07) is 2.49. The summed E-state index contributed by atoms with van der Waals surface area (Å²) in [4.78, 5) is 11.5. The third kappa shape index (κ3) is 4.90. The molecular weight excluding hydrogens is 257 g/mol. The highest BCUT2D eigenvalue weighted by atomic mass is 127. The number of carbonyl (C=O) groups is 1. The number of halogens is 1. The summed E-state index contributed by atoms with van der Waals surface area (Å²) in [6.45, 7) is 2.51. The highest BCUT2D eigenvalue weighted by Crippen LogP contribution is 1.94. The van der Waals surface area contributed by atoms with Crippen LogP contribution in [0.1, 0.15) is 19.8 Å². The van der Waals surface area contributed by atoms with Crippen LogP contribution in [-0.4, -0.2) is 22.6 Å². The summed E-state index contributed by atoms with van der Waals surface area (Å²) < 4.78 is 2.52. The summed E-state index contributed by atoms with van der Waals surface area (Å²) in [5, 5.41) is 8.55. The molecular formula is C7H10INO2. The van der Waals surface area contributed by atoms with E-state index in [2.05, 4.69) is 9.97 Å².